The van der Waals surface area contributed by atoms with E-state index in [0.717, 1.165) is 5.56 Å². The Labute approximate surface area is 176 Å². The number of nitrogens with one attached hydrogen (secondary N) is 1. The van der Waals surface area contributed by atoms with Crippen molar-refractivity contribution in [3.63, 3.8) is 0 Å². The number of nitro benzene ring substituents is 1. The molecule has 0 amide bonds. The van der Waals surface area contributed by atoms with Crippen molar-refractivity contribution in [2.24, 2.45) is 5.10 Å². The van der Waals surface area contributed by atoms with Crippen LogP contribution in [-0.2, 0) is 6.61 Å². The molecule has 11 heteroatoms. The van der Waals surface area contributed by atoms with Crippen LogP contribution in [0.1, 0.15) is 11.1 Å². The molecule has 3 rings (SSSR count). The van der Waals surface area contributed by atoms with Crippen molar-refractivity contribution < 1.29 is 19.3 Å². The van der Waals surface area contributed by atoms with E-state index < -0.39 is 9.85 Å². The lowest BCUT2D eigenvalue weighted by Gasteiger charge is -2.11. The minimum absolute atomic E-state index is 0.00890. The second-order valence-electron chi connectivity index (χ2n) is 6.12. The van der Waals surface area contributed by atoms with Crippen LogP contribution in [0.2, 0.25) is 0 Å². The number of hydrogen-bond acceptors (Lipinski definition) is 9. The standard InChI is InChI=1S/C20H17N5O6/c1-30-19-11-15(12-22-23-20-17(25(28)29)3-2-10-21-20)6-9-18(19)31-13-14-4-7-16(8-5-14)24(26)27/h2-12H,13H2,1H3,(H,21,23)/b22-12-. The number of rotatable bonds is 9. The number of nitro groups is 2. The fourth-order valence-electron chi connectivity index (χ4n) is 2.56. The molecule has 3 aromatic rings. The third kappa shape index (κ3) is 5.50. The van der Waals surface area contributed by atoms with Gasteiger partial charge in [-0.1, -0.05) is 0 Å². The summed E-state index contributed by atoms with van der Waals surface area (Å²) in [5.41, 5.74) is 3.79. The fourth-order valence-corrected chi connectivity index (χ4v) is 2.56. The van der Waals surface area contributed by atoms with E-state index in [1.165, 1.54) is 43.8 Å². The Morgan fingerprint density at radius 3 is 2.52 bits per heavy atom. The summed E-state index contributed by atoms with van der Waals surface area (Å²) in [4.78, 5) is 24.6. The van der Waals surface area contributed by atoms with Crippen LogP contribution >= 0.6 is 0 Å². The van der Waals surface area contributed by atoms with Crippen molar-refractivity contribution in [1.29, 1.82) is 0 Å². The van der Waals surface area contributed by atoms with E-state index in [1.807, 2.05) is 0 Å². The summed E-state index contributed by atoms with van der Waals surface area (Å²) in [6.45, 7) is 0.201. The quantitative estimate of drug-likeness (QED) is 0.310. The maximum absolute atomic E-state index is 11.0. The highest BCUT2D eigenvalue weighted by molar-refractivity contribution is 5.81. The summed E-state index contributed by atoms with van der Waals surface area (Å²) >= 11 is 0. The summed E-state index contributed by atoms with van der Waals surface area (Å²) in [7, 11) is 1.49. The average Bonchev–Trinajstić information content (AvgIpc) is 2.78. The smallest absolute Gasteiger partial charge is 0.313 e. The van der Waals surface area contributed by atoms with E-state index in [4.69, 9.17) is 9.47 Å². The summed E-state index contributed by atoms with van der Waals surface area (Å²) in [6, 6.07) is 14.0. The van der Waals surface area contributed by atoms with Gasteiger partial charge in [0.1, 0.15) is 6.61 Å². The Kier molecular flexibility index (Phi) is 6.68. The molecule has 0 saturated heterocycles. The highest BCUT2D eigenvalue weighted by atomic mass is 16.6. The van der Waals surface area contributed by atoms with Gasteiger partial charge in [-0.05, 0) is 47.5 Å². The Hall–Kier alpha value is -4.54. The number of nitrogens with zero attached hydrogens (tertiary/aromatic N) is 4. The molecular formula is C20H17N5O6. The number of anilines is 1. The lowest BCUT2D eigenvalue weighted by atomic mass is 10.2. The maximum Gasteiger partial charge on any atom is 0.313 e. The monoisotopic (exact) mass is 423 g/mol. The first-order valence-electron chi connectivity index (χ1n) is 8.90. The minimum atomic E-state index is -0.551. The number of non-ortho nitro benzene ring substituents is 1. The number of benzene rings is 2. The van der Waals surface area contributed by atoms with Crippen LogP contribution in [-0.4, -0.2) is 28.2 Å². The lowest BCUT2D eigenvalue weighted by molar-refractivity contribution is -0.384. The molecule has 2 aromatic carbocycles. The molecule has 0 spiro atoms. The predicted molar refractivity (Wildman–Crippen MR) is 113 cm³/mol. The predicted octanol–water partition coefficient (Wildman–Crippen LogP) is 3.93. The van der Waals surface area contributed by atoms with Gasteiger partial charge < -0.3 is 9.47 Å². The van der Waals surface area contributed by atoms with E-state index >= 15 is 0 Å². The van der Waals surface area contributed by atoms with Crippen molar-refractivity contribution in [3.8, 4) is 11.5 Å². The number of methoxy groups -OCH3 is 1. The molecule has 0 fully saturated rings. The zero-order valence-corrected chi connectivity index (χ0v) is 16.3. The van der Waals surface area contributed by atoms with Crippen LogP contribution < -0.4 is 14.9 Å². The summed E-state index contributed by atoms with van der Waals surface area (Å²) in [5, 5.41) is 25.7. The second kappa shape index (κ2) is 9.78. The molecule has 0 atom stereocenters. The first-order chi connectivity index (χ1) is 15.0. The number of aromatic nitrogens is 1. The van der Waals surface area contributed by atoms with E-state index in [-0.39, 0.29) is 23.8 Å². The van der Waals surface area contributed by atoms with Gasteiger partial charge in [0.2, 0.25) is 5.82 Å². The van der Waals surface area contributed by atoms with Crippen LogP contribution in [0.3, 0.4) is 0 Å². The molecule has 31 heavy (non-hydrogen) atoms. The second-order valence-corrected chi connectivity index (χ2v) is 6.12. The van der Waals surface area contributed by atoms with Crippen LogP contribution in [0.5, 0.6) is 11.5 Å². The van der Waals surface area contributed by atoms with Gasteiger partial charge >= 0.3 is 5.69 Å². The van der Waals surface area contributed by atoms with Gasteiger partial charge in [0.05, 0.1) is 23.2 Å². The highest BCUT2D eigenvalue weighted by Crippen LogP contribution is 2.28. The molecule has 0 aliphatic heterocycles. The molecule has 0 aliphatic carbocycles. The molecule has 1 heterocycles. The van der Waals surface area contributed by atoms with Crippen molar-refractivity contribution in [2.75, 3.05) is 12.5 Å². The first-order valence-corrected chi connectivity index (χ1v) is 8.90. The first kappa shape index (κ1) is 21.2. The van der Waals surface area contributed by atoms with Gasteiger partial charge in [-0.3, -0.25) is 25.7 Å². The van der Waals surface area contributed by atoms with Gasteiger partial charge in [0.15, 0.2) is 11.5 Å². The summed E-state index contributed by atoms with van der Waals surface area (Å²) < 4.78 is 11.1. The van der Waals surface area contributed by atoms with Gasteiger partial charge in [0.25, 0.3) is 5.69 Å². The lowest BCUT2D eigenvalue weighted by Crippen LogP contribution is -2.00. The minimum Gasteiger partial charge on any atom is -0.493 e. The van der Waals surface area contributed by atoms with Crippen LogP contribution in [0.15, 0.2) is 65.9 Å². The molecule has 1 aromatic heterocycles. The van der Waals surface area contributed by atoms with E-state index in [0.29, 0.717) is 17.1 Å². The number of pyridine rings is 1. The maximum atomic E-state index is 11.0. The molecule has 0 saturated carbocycles. The largest absolute Gasteiger partial charge is 0.493 e. The third-order valence-electron chi connectivity index (χ3n) is 4.10. The van der Waals surface area contributed by atoms with E-state index in [2.05, 4.69) is 15.5 Å². The molecule has 11 nitrogen and oxygen atoms in total. The van der Waals surface area contributed by atoms with Gasteiger partial charge in [0, 0.05) is 24.4 Å². The Morgan fingerprint density at radius 1 is 1.06 bits per heavy atom. The van der Waals surface area contributed by atoms with E-state index in [9.17, 15) is 20.2 Å². The number of hydrogen-bond donors (Lipinski definition) is 1. The Morgan fingerprint density at radius 2 is 1.84 bits per heavy atom. The molecule has 0 aliphatic rings. The SMILES string of the molecule is COc1cc(/C=N\Nc2ncccc2[N+](=O)[O-])ccc1OCc1ccc([N+](=O)[O-])cc1. The Bertz CT molecular complexity index is 1120. The number of ether oxygens (including phenoxy) is 2. The van der Waals surface area contributed by atoms with Gasteiger partial charge in [-0.15, -0.1) is 0 Å². The normalized spacial score (nSPS) is 10.6. The van der Waals surface area contributed by atoms with Crippen LogP contribution in [0, 0.1) is 20.2 Å². The summed E-state index contributed by atoms with van der Waals surface area (Å²) in [5.74, 6) is 0.958. The average molecular weight is 423 g/mol. The van der Waals surface area contributed by atoms with E-state index in [1.54, 1.807) is 30.3 Å². The highest BCUT2D eigenvalue weighted by Gasteiger charge is 2.13. The summed E-state index contributed by atoms with van der Waals surface area (Å²) in [6.07, 6.45) is 2.88. The van der Waals surface area contributed by atoms with Crippen LogP contribution in [0.4, 0.5) is 17.2 Å². The molecular weight excluding hydrogens is 406 g/mol. The fraction of sp³-hybridized carbons (Fsp3) is 0.100. The van der Waals surface area contributed by atoms with Gasteiger partial charge in [-0.25, -0.2) is 4.98 Å². The molecule has 0 unspecified atom stereocenters. The Balaban J connectivity index is 1.66. The molecule has 0 radical (unpaired) electrons. The molecule has 0 bridgehead atoms. The van der Waals surface area contributed by atoms with Crippen molar-refractivity contribution in [3.05, 3.63) is 92.1 Å². The van der Waals surface area contributed by atoms with Crippen molar-refractivity contribution in [1.82, 2.24) is 4.98 Å². The number of hydrazone groups is 1. The van der Waals surface area contributed by atoms with Crippen molar-refractivity contribution in [2.45, 2.75) is 6.61 Å². The van der Waals surface area contributed by atoms with Crippen molar-refractivity contribution >= 4 is 23.4 Å². The zero-order valence-electron chi connectivity index (χ0n) is 16.3. The van der Waals surface area contributed by atoms with Crippen LogP contribution in [0.25, 0.3) is 0 Å². The molecule has 158 valence electrons. The molecule has 1 N–H and O–H groups in total. The van der Waals surface area contributed by atoms with Gasteiger partial charge in [-0.2, -0.15) is 5.10 Å². The topological polar surface area (TPSA) is 142 Å². The zero-order chi connectivity index (χ0) is 22.2. The third-order valence-corrected chi connectivity index (χ3v) is 4.10.